The molecule has 3 N–H and O–H groups in total. The monoisotopic (exact) mass is 543 g/mol. The number of hydrogen-bond donors (Lipinski definition) is 3. The SMILES string of the molecule is CC(C)(O)Cn1cc(C(=O)N[C@@H]2CCC[C@H](Nc3c(F)c(C(F)F)nc4ccc(Cl)cc34)C2)c(Cl)n1. The lowest BCUT2D eigenvalue weighted by Gasteiger charge is -2.31. The van der Waals surface area contributed by atoms with Gasteiger partial charge in [0, 0.05) is 28.7 Å². The number of alkyl halides is 2. The van der Waals surface area contributed by atoms with Gasteiger partial charge in [-0.3, -0.25) is 9.48 Å². The number of fused-ring (bicyclic) bond motifs is 1. The first-order chi connectivity index (χ1) is 16.9. The lowest BCUT2D eigenvalue weighted by molar-refractivity contribution is 0.0576. The molecule has 0 aliphatic heterocycles. The van der Waals surface area contributed by atoms with E-state index in [-0.39, 0.29) is 40.5 Å². The van der Waals surface area contributed by atoms with Crippen molar-refractivity contribution in [3.05, 3.63) is 51.6 Å². The third kappa shape index (κ3) is 6.04. The predicted octanol–water partition coefficient (Wildman–Crippen LogP) is 5.74. The molecule has 0 saturated heterocycles. The van der Waals surface area contributed by atoms with Crippen molar-refractivity contribution in [1.82, 2.24) is 20.1 Å². The van der Waals surface area contributed by atoms with Crippen molar-refractivity contribution in [1.29, 1.82) is 0 Å². The molecule has 1 aliphatic rings. The molecule has 2 aromatic heterocycles. The van der Waals surface area contributed by atoms with Gasteiger partial charge in [0.2, 0.25) is 0 Å². The number of anilines is 1. The van der Waals surface area contributed by atoms with E-state index in [0.29, 0.717) is 29.7 Å². The van der Waals surface area contributed by atoms with E-state index in [0.717, 1.165) is 6.42 Å². The Morgan fingerprint density at radius 3 is 2.69 bits per heavy atom. The fourth-order valence-corrected chi connectivity index (χ4v) is 4.87. The fraction of sp³-hybridized carbons (Fsp3) is 0.458. The van der Waals surface area contributed by atoms with E-state index in [9.17, 15) is 18.7 Å². The van der Waals surface area contributed by atoms with Crippen LogP contribution >= 0.6 is 23.2 Å². The van der Waals surface area contributed by atoms with Crippen LogP contribution in [0.25, 0.3) is 10.9 Å². The van der Waals surface area contributed by atoms with Crippen molar-refractivity contribution in [2.45, 2.75) is 70.2 Å². The molecule has 0 bridgehead atoms. The predicted molar refractivity (Wildman–Crippen MR) is 132 cm³/mol. The van der Waals surface area contributed by atoms with Crippen LogP contribution in [0.3, 0.4) is 0 Å². The van der Waals surface area contributed by atoms with Gasteiger partial charge in [0.05, 0.1) is 28.9 Å². The average Bonchev–Trinajstić information content (AvgIpc) is 3.14. The topological polar surface area (TPSA) is 92.1 Å². The smallest absolute Gasteiger partial charge is 0.283 e. The zero-order valence-electron chi connectivity index (χ0n) is 19.7. The molecule has 36 heavy (non-hydrogen) atoms. The van der Waals surface area contributed by atoms with E-state index in [1.165, 1.54) is 29.1 Å². The van der Waals surface area contributed by atoms with Crippen LogP contribution < -0.4 is 10.6 Å². The molecule has 1 aromatic carbocycles. The molecular formula is C24H26Cl2F3N5O2. The highest BCUT2D eigenvalue weighted by molar-refractivity contribution is 6.32. The first kappa shape index (κ1) is 26.5. The van der Waals surface area contributed by atoms with Gasteiger partial charge in [-0.1, -0.05) is 23.2 Å². The second kappa shape index (κ2) is 10.4. The number of carbonyl (C=O) groups is 1. The highest BCUT2D eigenvalue weighted by Crippen LogP contribution is 2.35. The number of hydrogen-bond acceptors (Lipinski definition) is 5. The van der Waals surface area contributed by atoms with Gasteiger partial charge in [-0.2, -0.15) is 5.10 Å². The Labute approximate surface area is 216 Å². The van der Waals surface area contributed by atoms with Crippen LogP contribution in [0.15, 0.2) is 24.4 Å². The van der Waals surface area contributed by atoms with Gasteiger partial charge in [-0.05, 0) is 57.7 Å². The molecule has 0 radical (unpaired) electrons. The molecule has 1 fully saturated rings. The van der Waals surface area contributed by atoms with Gasteiger partial charge in [0.1, 0.15) is 5.69 Å². The van der Waals surface area contributed by atoms with Crippen LogP contribution in [0.5, 0.6) is 0 Å². The third-order valence-electron chi connectivity index (χ3n) is 5.99. The Kier molecular flexibility index (Phi) is 7.68. The number of carbonyl (C=O) groups excluding carboxylic acids is 1. The molecule has 3 aromatic rings. The second-order valence-electron chi connectivity index (χ2n) is 9.67. The fourth-order valence-electron chi connectivity index (χ4n) is 4.46. The Balaban J connectivity index is 1.51. The third-order valence-corrected chi connectivity index (χ3v) is 6.50. The number of pyridine rings is 1. The van der Waals surface area contributed by atoms with Crippen LogP contribution in [0.2, 0.25) is 10.2 Å². The minimum Gasteiger partial charge on any atom is -0.389 e. The number of nitrogens with one attached hydrogen (secondary N) is 2. The summed E-state index contributed by atoms with van der Waals surface area (Å²) in [5, 5.41) is 20.7. The molecule has 0 spiro atoms. The highest BCUT2D eigenvalue weighted by atomic mass is 35.5. The molecule has 2 heterocycles. The number of benzene rings is 1. The maximum atomic E-state index is 15.1. The summed E-state index contributed by atoms with van der Waals surface area (Å²) >= 11 is 12.2. The molecular weight excluding hydrogens is 518 g/mol. The Hall–Kier alpha value is -2.56. The number of rotatable bonds is 7. The standard InChI is InChI=1S/C24H26Cl2F3N5O2/c1-24(2,36)11-34-10-16(21(26)33-34)23(35)31-14-5-3-4-13(9-14)30-19-15-8-12(25)6-7-17(15)32-20(18(19)27)22(28)29/h6-8,10,13-14,22,36H,3-5,9,11H2,1-2H3,(H,30,32)(H,31,35)/t13-,14+/m0/s1. The van der Waals surface area contributed by atoms with Gasteiger partial charge in [-0.15, -0.1) is 0 Å². The molecule has 7 nitrogen and oxygen atoms in total. The van der Waals surface area contributed by atoms with Crippen molar-refractivity contribution < 1.29 is 23.1 Å². The van der Waals surface area contributed by atoms with Crippen molar-refractivity contribution in [3.63, 3.8) is 0 Å². The lowest BCUT2D eigenvalue weighted by atomic mass is 9.90. The average molecular weight is 544 g/mol. The highest BCUT2D eigenvalue weighted by Gasteiger charge is 2.28. The van der Waals surface area contributed by atoms with E-state index in [4.69, 9.17) is 23.2 Å². The van der Waals surface area contributed by atoms with Crippen molar-refractivity contribution >= 4 is 45.7 Å². The van der Waals surface area contributed by atoms with E-state index in [1.807, 2.05) is 0 Å². The molecule has 194 valence electrons. The quantitative estimate of drug-likeness (QED) is 0.353. The van der Waals surface area contributed by atoms with E-state index in [1.54, 1.807) is 13.8 Å². The van der Waals surface area contributed by atoms with Crippen molar-refractivity contribution in [2.75, 3.05) is 5.32 Å². The molecule has 2 atom stereocenters. The number of nitrogens with zero attached hydrogens (tertiary/aromatic N) is 3. The van der Waals surface area contributed by atoms with E-state index < -0.39 is 29.4 Å². The Morgan fingerprint density at radius 2 is 2.00 bits per heavy atom. The van der Waals surface area contributed by atoms with Crippen LogP contribution in [0.4, 0.5) is 18.9 Å². The normalized spacial score (nSPS) is 18.6. The Bertz CT molecular complexity index is 1280. The first-order valence-corrected chi connectivity index (χ1v) is 12.3. The zero-order chi connectivity index (χ0) is 26.2. The van der Waals surface area contributed by atoms with Crippen molar-refractivity contribution in [3.8, 4) is 0 Å². The van der Waals surface area contributed by atoms with Crippen LogP contribution in [0.1, 0.15) is 62.0 Å². The van der Waals surface area contributed by atoms with Gasteiger partial charge in [0.15, 0.2) is 11.0 Å². The van der Waals surface area contributed by atoms with Gasteiger partial charge < -0.3 is 15.7 Å². The maximum Gasteiger partial charge on any atom is 0.283 e. The van der Waals surface area contributed by atoms with Gasteiger partial charge in [-0.25, -0.2) is 18.2 Å². The first-order valence-electron chi connectivity index (χ1n) is 11.5. The molecule has 4 rings (SSSR count). The number of aromatic nitrogens is 3. The van der Waals surface area contributed by atoms with Gasteiger partial charge in [0.25, 0.3) is 12.3 Å². The molecule has 1 amide bonds. The van der Waals surface area contributed by atoms with Gasteiger partial charge >= 0.3 is 0 Å². The summed E-state index contributed by atoms with van der Waals surface area (Å²) in [7, 11) is 0. The summed E-state index contributed by atoms with van der Waals surface area (Å²) in [5.74, 6) is -1.53. The minimum absolute atomic E-state index is 0.0176. The summed E-state index contributed by atoms with van der Waals surface area (Å²) in [6, 6.07) is 3.92. The zero-order valence-corrected chi connectivity index (χ0v) is 21.2. The van der Waals surface area contributed by atoms with Crippen LogP contribution in [-0.4, -0.2) is 43.5 Å². The van der Waals surface area contributed by atoms with E-state index in [2.05, 4.69) is 20.7 Å². The number of amides is 1. The number of aliphatic hydroxyl groups is 1. The lowest BCUT2D eigenvalue weighted by Crippen LogP contribution is -2.42. The summed E-state index contributed by atoms with van der Waals surface area (Å²) in [4.78, 5) is 16.6. The maximum absolute atomic E-state index is 15.1. The van der Waals surface area contributed by atoms with Crippen molar-refractivity contribution in [2.24, 2.45) is 0 Å². The number of halogens is 5. The minimum atomic E-state index is -3.08. The molecule has 1 saturated carbocycles. The Morgan fingerprint density at radius 1 is 1.28 bits per heavy atom. The van der Waals surface area contributed by atoms with Crippen LogP contribution in [0, 0.1) is 5.82 Å². The summed E-state index contributed by atoms with van der Waals surface area (Å²) < 4.78 is 43.4. The molecule has 0 unspecified atom stereocenters. The molecule has 12 heteroatoms. The van der Waals surface area contributed by atoms with E-state index >= 15 is 4.39 Å². The molecule has 1 aliphatic carbocycles. The second-order valence-corrected chi connectivity index (χ2v) is 10.5. The largest absolute Gasteiger partial charge is 0.389 e. The summed E-state index contributed by atoms with van der Waals surface area (Å²) in [6.45, 7) is 3.39. The van der Waals surface area contributed by atoms with Crippen LogP contribution in [-0.2, 0) is 6.54 Å². The summed E-state index contributed by atoms with van der Waals surface area (Å²) in [5.41, 5.74) is -1.65. The summed E-state index contributed by atoms with van der Waals surface area (Å²) in [6.07, 6.45) is 0.905.